The number of rotatable bonds is 8. The Morgan fingerprint density at radius 1 is 1.31 bits per heavy atom. The van der Waals surface area contributed by atoms with E-state index in [9.17, 15) is 0 Å². The lowest BCUT2D eigenvalue weighted by atomic mass is 10.3. The number of hydrogen-bond donors (Lipinski definition) is 1. The van der Waals surface area contributed by atoms with E-state index in [1.54, 1.807) is 0 Å². The van der Waals surface area contributed by atoms with Crippen LogP contribution in [0.4, 0.5) is 0 Å². The monoisotopic (exact) mass is 188 g/mol. The summed E-state index contributed by atoms with van der Waals surface area (Å²) in [4.78, 5) is 2.19. The van der Waals surface area contributed by atoms with E-state index in [-0.39, 0.29) is 0 Å². The Morgan fingerprint density at radius 3 is 2.46 bits per heavy atom. The van der Waals surface area contributed by atoms with Crippen LogP contribution in [0.3, 0.4) is 0 Å². The van der Waals surface area contributed by atoms with E-state index in [1.807, 2.05) is 6.92 Å². The fourth-order valence-electron chi connectivity index (χ4n) is 1.23. The van der Waals surface area contributed by atoms with Crippen LogP contribution in [-0.2, 0) is 4.74 Å². The molecule has 0 aliphatic rings. The van der Waals surface area contributed by atoms with Crippen LogP contribution in [0.2, 0.25) is 0 Å². The molecule has 0 aromatic heterocycles. The molecule has 0 saturated carbocycles. The molecule has 0 aliphatic carbocycles. The molecule has 1 N–H and O–H groups in total. The average molecular weight is 188 g/mol. The molecule has 0 aromatic rings. The van der Waals surface area contributed by atoms with E-state index >= 15 is 0 Å². The minimum absolute atomic E-state index is 0.467. The summed E-state index contributed by atoms with van der Waals surface area (Å²) in [6.45, 7) is 7.95. The Balaban J connectivity index is 3.60. The molecule has 13 heavy (non-hydrogen) atoms. The summed E-state index contributed by atoms with van der Waals surface area (Å²) in [5.74, 6) is 0. The highest BCUT2D eigenvalue weighted by molar-refractivity contribution is 4.68. The molecule has 0 amide bonds. The number of ether oxygens (including phenoxy) is 1. The van der Waals surface area contributed by atoms with Crippen molar-refractivity contribution in [1.29, 1.82) is 0 Å². The SMILES string of the molecule is CCCNC(COCC)CN(C)C. The molecular formula is C10H24N2O. The second-order valence-corrected chi connectivity index (χ2v) is 3.57. The maximum Gasteiger partial charge on any atom is 0.0631 e. The molecule has 0 fully saturated rings. The molecule has 80 valence electrons. The van der Waals surface area contributed by atoms with Crippen molar-refractivity contribution in [1.82, 2.24) is 10.2 Å². The smallest absolute Gasteiger partial charge is 0.0631 e. The largest absolute Gasteiger partial charge is 0.380 e. The van der Waals surface area contributed by atoms with Crippen molar-refractivity contribution in [3.63, 3.8) is 0 Å². The Morgan fingerprint density at radius 2 is 2.00 bits per heavy atom. The molecule has 0 radical (unpaired) electrons. The van der Waals surface area contributed by atoms with Crippen molar-refractivity contribution in [2.24, 2.45) is 0 Å². The van der Waals surface area contributed by atoms with Gasteiger partial charge in [-0.25, -0.2) is 0 Å². The van der Waals surface area contributed by atoms with Crippen molar-refractivity contribution in [2.75, 3.05) is 40.4 Å². The van der Waals surface area contributed by atoms with Gasteiger partial charge < -0.3 is 15.0 Å². The first-order valence-electron chi connectivity index (χ1n) is 5.16. The molecule has 3 heteroatoms. The fraction of sp³-hybridized carbons (Fsp3) is 1.00. The van der Waals surface area contributed by atoms with Crippen LogP contribution < -0.4 is 5.32 Å². The summed E-state index contributed by atoms with van der Waals surface area (Å²) >= 11 is 0. The predicted octanol–water partition coefficient (Wildman–Crippen LogP) is 0.953. The minimum atomic E-state index is 0.467. The van der Waals surface area contributed by atoms with Crippen LogP contribution in [0.25, 0.3) is 0 Å². The van der Waals surface area contributed by atoms with Crippen molar-refractivity contribution < 1.29 is 4.74 Å². The van der Waals surface area contributed by atoms with Crippen molar-refractivity contribution in [3.05, 3.63) is 0 Å². The zero-order chi connectivity index (χ0) is 10.1. The highest BCUT2D eigenvalue weighted by Crippen LogP contribution is 1.89. The molecule has 3 nitrogen and oxygen atoms in total. The van der Waals surface area contributed by atoms with Crippen molar-refractivity contribution >= 4 is 0 Å². The Kier molecular flexibility index (Phi) is 8.40. The second kappa shape index (κ2) is 8.48. The molecule has 0 spiro atoms. The van der Waals surface area contributed by atoms with E-state index in [4.69, 9.17) is 4.74 Å². The summed E-state index contributed by atoms with van der Waals surface area (Å²) < 4.78 is 5.40. The molecule has 1 unspecified atom stereocenters. The molecular weight excluding hydrogens is 164 g/mol. The van der Waals surface area contributed by atoms with Gasteiger partial charge in [0.05, 0.1) is 6.61 Å². The first kappa shape index (κ1) is 12.9. The van der Waals surface area contributed by atoms with Gasteiger partial charge in [0.2, 0.25) is 0 Å². The van der Waals surface area contributed by atoms with Gasteiger partial charge in [-0.2, -0.15) is 0 Å². The maximum atomic E-state index is 5.40. The van der Waals surface area contributed by atoms with Gasteiger partial charge in [0.15, 0.2) is 0 Å². The van der Waals surface area contributed by atoms with Crippen molar-refractivity contribution in [2.45, 2.75) is 26.3 Å². The number of nitrogens with zero attached hydrogens (tertiary/aromatic N) is 1. The summed E-state index contributed by atoms with van der Waals surface area (Å²) in [6.07, 6.45) is 1.18. The van der Waals surface area contributed by atoms with E-state index in [2.05, 4.69) is 31.2 Å². The Bertz CT molecular complexity index is 99.1. The van der Waals surface area contributed by atoms with Crippen LogP contribution in [-0.4, -0.2) is 51.3 Å². The van der Waals surface area contributed by atoms with Crippen LogP contribution in [0.1, 0.15) is 20.3 Å². The normalized spacial score (nSPS) is 13.6. The van der Waals surface area contributed by atoms with Gasteiger partial charge >= 0.3 is 0 Å². The van der Waals surface area contributed by atoms with E-state index < -0.39 is 0 Å². The summed E-state index contributed by atoms with van der Waals surface area (Å²) in [5.41, 5.74) is 0. The predicted molar refractivity (Wildman–Crippen MR) is 57.1 cm³/mol. The van der Waals surface area contributed by atoms with Gasteiger partial charge in [-0.1, -0.05) is 6.92 Å². The van der Waals surface area contributed by atoms with E-state index in [1.165, 1.54) is 6.42 Å². The lowest BCUT2D eigenvalue weighted by molar-refractivity contribution is 0.113. The second-order valence-electron chi connectivity index (χ2n) is 3.57. The van der Waals surface area contributed by atoms with Gasteiger partial charge in [-0.3, -0.25) is 0 Å². The number of nitrogens with one attached hydrogen (secondary N) is 1. The molecule has 0 bridgehead atoms. The minimum Gasteiger partial charge on any atom is -0.380 e. The summed E-state index contributed by atoms with van der Waals surface area (Å²) in [7, 11) is 4.18. The highest BCUT2D eigenvalue weighted by atomic mass is 16.5. The van der Waals surface area contributed by atoms with Gasteiger partial charge in [-0.05, 0) is 34.0 Å². The lowest BCUT2D eigenvalue weighted by Gasteiger charge is -2.21. The zero-order valence-corrected chi connectivity index (χ0v) is 9.47. The molecule has 0 aliphatic heterocycles. The molecule has 0 aromatic carbocycles. The number of hydrogen-bond acceptors (Lipinski definition) is 3. The third-order valence-electron chi connectivity index (χ3n) is 1.79. The molecule has 0 rings (SSSR count). The van der Waals surface area contributed by atoms with E-state index in [0.29, 0.717) is 6.04 Å². The fourth-order valence-corrected chi connectivity index (χ4v) is 1.23. The molecule has 1 atom stereocenters. The van der Waals surface area contributed by atoms with Crippen LogP contribution in [0, 0.1) is 0 Å². The summed E-state index contributed by atoms with van der Waals surface area (Å²) in [6, 6.07) is 0.467. The maximum absolute atomic E-state index is 5.40. The van der Waals surface area contributed by atoms with Gasteiger partial charge in [0.25, 0.3) is 0 Å². The first-order valence-corrected chi connectivity index (χ1v) is 5.16. The van der Waals surface area contributed by atoms with Crippen LogP contribution >= 0.6 is 0 Å². The molecule has 0 saturated heterocycles. The van der Waals surface area contributed by atoms with Crippen LogP contribution in [0.15, 0.2) is 0 Å². The first-order chi connectivity index (χ1) is 6.20. The van der Waals surface area contributed by atoms with Gasteiger partial charge in [-0.15, -0.1) is 0 Å². The Hall–Kier alpha value is -0.120. The summed E-state index contributed by atoms with van der Waals surface area (Å²) in [5, 5.41) is 3.47. The number of likely N-dealkylation sites (N-methyl/N-ethyl adjacent to an activating group) is 1. The Labute approximate surface area is 82.4 Å². The van der Waals surface area contributed by atoms with Crippen LogP contribution in [0.5, 0.6) is 0 Å². The van der Waals surface area contributed by atoms with Gasteiger partial charge in [0.1, 0.15) is 0 Å². The van der Waals surface area contributed by atoms with Gasteiger partial charge in [0, 0.05) is 19.2 Å². The highest BCUT2D eigenvalue weighted by Gasteiger charge is 2.07. The standard InChI is InChI=1S/C10H24N2O/c1-5-7-11-10(8-12(3)4)9-13-6-2/h10-11H,5-9H2,1-4H3. The lowest BCUT2D eigenvalue weighted by Crippen LogP contribution is -2.42. The topological polar surface area (TPSA) is 24.5 Å². The van der Waals surface area contributed by atoms with Crippen molar-refractivity contribution in [3.8, 4) is 0 Å². The van der Waals surface area contributed by atoms with E-state index in [0.717, 1.165) is 26.3 Å². The zero-order valence-electron chi connectivity index (χ0n) is 9.47. The average Bonchev–Trinajstić information content (AvgIpc) is 2.09. The quantitative estimate of drug-likeness (QED) is 0.614. The third-order valence-corrected chi connectivity index (χ3v) is 1.79. The molecule has 0 heterocycles. The third kappa shape index (κ3) is 8.22.